The van der Waals surface area contributed by atoms with Crippen LogP contribution in [0.5, 0.6) is 5.75 Å². The van der Waals surface area contributed by atoms with Crippen molar-refractivity contribution < 1.29 is 60.8 Å². The standard InChI is InChI=1S/C36H26Cl2F5N5O10/c1-44(2)29-19(47(54)55)11-14(12-20(29)48(56)57)45-31(50)17-8-7-15-18(22(17)32(45)51)13-35(37)33(52)46(30-27(42)25(40)24(39)26(41)28(30)43)34(53)36(35,38)23(15)16-5-3-4-6-21(16)58-10-9-49/h3-7,11-12,17-18,22-23,49H,8-10,13H2,1-2H3/t17-,18+,22-,23+,35+,36-/m0/s1. The van der Waals surface area contributed by atoms with E-state index < -0.39 is 137 Å². The van der Waals surface area contributed by atoms with Gasteiger partial charge in [-0.3, -0.25) is 39.4 Å². The number of fused-ring (bicyclic) bond motifs is 4. The molecule has 0 bridgehead atoms. The van der Waals surface area contributed by atoms with E-state index >= 15 is 8.78 Å². The Kier molecular flexibility index (Phi) is 9.75. The number of imide groups is 2. The van der Waals surface area contributed by atoms with Gasteiger partial charge in [-0.25, -0.2) is 31.8 Å². The number of anilines is 3. The number of alkyl halides is 2. The van der Waals surface area contributed by atoms with Crippen LogP contribution in [0.15, 0.2) is 48.0 Å². The molecule has 0 unspecified atom stereocenters. The molecule has 1 N–H and O–H groups in total. The van der Waals surface area contributed by atoms with E-state index in [0.717, 1.165) is 17.0 Å². The summed E-state index contributed by atoms with van der Waals surface area (Å²) in [6.07, 6.45) is 0.261. The van der Waals surface area contributed by atoms with Gasteiger partial charge in [0.25, 0.3) is 11.8 Å². The number of ether oxygens (including phenoxy) is 1. The molecule has 22 heteroatoms. The zero-order chi connectivity index (χ0) is 42.5. The number of aliphatic hydroxyl groups is 1. The highest BCUT2D eigenvalue weighted by molar-refractivity contribution is 6.58. The van der Waals surface area contributed by atoms with Crippen molar-refractivity contribution in [1.82, 2.24) is 0 Å². The number of carbonyl (C=O) groups is 4. The van der Waals surface area contributed by atoms with Crippen LogP contribution in [0.25, 0.3) is 0 Å². The number of amides is 4. The van der Waals surface area contributed by atoms with E-state index in [1.54, 1.807) is 0 Å². The monoisotopic (exact) mass is 853 g/mol. The third kappa shape index (κ3) is 5.40. The maximum atomic E-state index is 15.4. The van der Waals surface area contributed by atoms with Crippen molar-refractivity contribution in [2.75, 3.05) is 42.0 Å². The molecule has 7 rings (SSSR count). The Labute approximate surface area is 332 Å². The van der Waals surface area contributed by atoms with Crippen molar-refractivity contribution in [2.24, 2.45) is 17.8 Å². The Morgan fingerprint density at radius 2 is 1.43 bits per heavy atom. The van der Waals surface area contributed by atoms with Crippen molar-refractivity contribution >= 4 is 75.3 Å². The maximum absolute atomic E-state index is 15.4. The maximum Gasteiger partial charge on any atom is 0.301 e. The fourth-order valence-electron chi connectivity index (χ4n) is 8.63. The molecule has 304 valence electrons. The van der Waals surface area contributed by atoms with E-state index in [1.165, 1.54) is 44.4 Å². The summed E-state index contributed by atoms with van der Waals surface area (Å²) in [6.45, 7) is -0.863. The van der Waals surface area contributed by atoms with Crippen molar-refractivity contribution in [3.05, 3.63) is 103 Å². The molecule has 4 aliphatic rings. The number of nitro benzene ring substituents is 2. The summed E-state index contributed by atoms with van der Waals surface area (Å²) in [4.78, 5) is 75.6. The number of nitrogens with zero attached hydrogens (tertiary/aromatic N) is 5. The number of rotatable bonds is 9. The van der Waals surface area contributed by atoms with Gasteiger partial charge in [-0.05, 0) is 24.8 Å². The Hall–Kier alpha value is -5.73. The average molecular weight is 855 g/mol. The zero-order valence-corrected chi connectivity index (χ0v) is 31.2. The SMILES string of the molecule is CN(C)c1c([N+](=O)[O-])cc(N2C(=O)[C@H]3[C@H](CC=C4[C@H]3C[C@@]3(Cl)C(=O)N(c5c(F)c(F)c(F)c(F)c5F)C(=O)[C@@]3(Cl)[C@H]4c3ccccc3OCCO)C2=O)cc1[N+](=O)[O-]. The lowest BCUT2D eigenvalue weighted by Crippen LogP contribution is -2.60. The molecule has 0 aromatic heterocycles. The number of benzene rings is 3. The van der Waals surface area contributed by atoms with Gasteiger partial charge in [-0.1, -0.05) is 29.8 Å². The number of nitro groups is 2. The summed E-state index contributed by atoms with van der Waals surface area (Å²) in [5.74, 6) is -24.2. The summed E-state index contributed by atoms with van der Waals surface area (Å²) in [7, 11) is 2.60. The summed E-state index contributed by atoms with van der Waals surface area (Å²) in [5, 5.41) is 33.8. The normalized spacial score (nSPS) is 26.3. The second-order valence-corrected chi connectivity index (χ2v) is 15.3. The minimum atomic E-state index is -2.87. The number of halogens is 7. The van der Waals surface area contributed by atoms with Crippen molar-refractivity contribution in [1.29, 1.82) is 0 Å². The fourth-order valence-corrected chi connectivity index (χ4v) is 9.55. The third-order valence-electron chi connectivity index (χ3n) is 11.0. The Morgan fingerprint density at radius 3 is 1.98 bits per heavy atom. The summed E-state index contributed by atoms with van der Waals surface area (Å²) in [6, 6.07) is 7.22. The van der Waals surface area contributed by atoms with Gasteiger partial charge in [-0.15, -0.1) is 23.2 Å². The van der Waals surface area contributed by atoms with E-state index in [1.807, 2.05) is 0 Å². The third-order valence-corrected chi connectivity index (χ3v) is 12.4. The molecule has 1 saturated carbocycles. The van der Waals surface area contributed by atoms with E-state index in [-0.39, 0.29) is 34.8 Å². The minimum absolute atomic E-state index is 0.0371. The molecular formula is C36H26Cl2F5N5O10. The first kappa shape index (κ1) is 40.5. The highest BCUT2D eigenvalue weighted by Crippen LogP contribution is 2.67. The first-order valence-corrected chi connectivity index (χ1v) is 17.8. The van der Waals surface area contributed by atoms with Crippen LogP contribution in [-0.4, -0.2) is 75.6 Å². The summed E-state index contributed by atoms with van der Waals surface area (Å²) in [5.41, 5.74) is -4.57. The smallest absolute Gasteiger partial charge is 0.301 e. The van der Waals surface area contributed by atoms with E-state index in [0.29, 0.717) is 4.90 Å². The fraction of sp³-hybridized carbons (Fsp3) is 0.333. The molecule has 15 nitrogen and oxygen atoms in total. The van der Waals surface area contributed by atoms with Gasteiger partial charge >= 0.3 is 11.4 Å². The Bertz CT molecular complexity index is 2380. The largest absolute Gasteiger partial charge is 0.491 e. The molecule has 0 spiro atoms. The first-order valence-electron chi connectivity index (χ1n) is 17.1. The van der Waals surface area contributed by atoms with Crippen LogP contribution in [-0.2, 0) is 19.2 Å². The lowest BCUT2D eigenvalue weighted by Gasteiger charge is -2.50. The van der Waals surface area contributed by atoms with Crippen molar-refractivity contribution in [3.63, 3.8) is 0 Å². The van der Waals surface area contributed by atoms with Crippen LogP contribution in [0.4, 0.5) is 50.4 Å². The molecule has 3 aromatic rings. The number of para-hydroxylation sites is 1. The second kappa shape index (κ2) is 14.0. The molecular weight excluding hydrogens is 828 g/mol. The number of allylic oxidation sites excluding steroid dienone is 2. The quantitative estimate of drug-likeness (QED) is 0.0423. The Balaban J connectivity index is 1.43. The molecule has 2 aliphatic heterocycles. The molecule has 6 atom stereocenters. The summed E-state index contributed by atoms with van der Waals surface area (Å²) >= 11 is 14.3. The average Bonchev–Trinajstić information content (AvgIpc) is 3.52. The van der Waals surface area contributed by atoms with Gasteiger partial charge in [0.1, 0.15) is 18.0 Å². The van der Waals surface area contributed by atoms with Gasteiger partial charge in [0, 0.05) is 37.7 Å². The van der Waals surface area contributed by atoms with Crippen LogP contribution in [0.2, 0.25) is 0 Å². The van der Waals surface area contributed by atoms with Gasteiger partial charge < -0.3 is 14.7 Å². The van der Waals surface area contributed by atoms with Gasteiger partial charge in [0.05, 0.1) is 34.0 Å². The van der Waals surface area contributed by atoms with E-state index in [9.17, 15) is 57.7 Å². The Morgan fingerprint density at radius 1 is 0.862 bits per heavy atom. The molecule has 58 heavy (non-hydrogen) atoms. The molecule has 0 radical (unpaired) electrons. The van der Waals surface area contributed by atoms with E-state index in [2.05, 4.69) is 0 Å². The molecule has 4 amide bonds. The second-order valence-electron chi connectivity index (χ2n) is 14.1. The topological polar surface area (TPSA) is 194 Å². The molecule has 2 saturated heterocycles. The first-order chi connectivity index (χ1) is 27.3. The minimum Gasteiger partial charge on any atom is -0.491 e. The van der Waals surface area contributed by atoms with Crippen molar-refractivity contribution in [3.8, 4) is 5.75 Å². The summed E-state index contributed by atoms with van der Waals surface area (Å²) < 4.78 is 79.7. The predicted molar refractivity (Wildman–Crippen MR) is 192 cm³/mol. The zero-order valence-electron chi connectivity index (χ0n) is 29.7. The van der Waals surface area contributed by atoms with Crippen LogP contribution < -0.4 is 19.4 Å². The highest BCUT2D eigenvalue weighted by atomic mass is 35.5. The molecule has 3 aromatic carbocycles. The van der Waals surface area contributed by atoms with E-state index in [4.69, 9.17) is 27.9 Å². The van der Waals surface area contributed by atoms with Crippen LogP contribution >= 0.6 is 23.2 Å². The number of aliphatic hydroxyl groups excluding tert-OH is 1. The molecule has 3 fully saturated rings. The highest BCUT2D eigenvalue weighted by Gasteiger charge is 2.77. The number of hydrogen-bond donors (Lipinski definition) is 1. The molecule has 2 heterocycles. The number of carbonyl (C=O) groups excluding carboxylic acids is 4. The van der Waals surface area contributed by atoms with Crippen LogP contribution in [0.3, 0.4) is 0 Å². The van der Waals surface area contributed by atoms with Gasteiger partial charge in [0.15, 0.2) is 38.7 Å². The van der Waals surface area contributed by atoms with Crippen molar-refractivity contribution in [2.45, 2.75) is 28.5 Å². The van der Waals surface area contributed by atoms with Gasteiger partial charge in [-0.2, -0.15) is 0 Å². The predicted octanol–water partition coefficient (Wildman–Crippen LogP) is 5.40. The number of hydrogen-bond acceptors (Lipinski definition) is 11. The van der Waals surface area contributed by atoms with Crippen LogP contribution in [0, 0.1) is 67.1 Å². The van der Waals surface area contributed by atoms with Gasteiger partial charge in [0.2, 0.25) is 17.6 Å². The lowest BCUT2D eigenvalue weighted by molar-refractivity contribution is -0.392. The molecule has 2 aliphatic carbocycles. The van der Waals surface area contributed by atoms with Crippen LogP contribution in [0.1, 0.15) is 24.3 Å². The lowest BCUT2D eigenvalue weighted by atomic mass is 9.56.